The summed E-state index contributed by atoms with van der Waals surface area (Å²) < 4.78 is 25.3. The normalized spacial score (nSPS) is 12.6. The van der Waals surface area contributed by atoms with Gasteiger partial charge in [0.1, 0.15) is 0 Å². The Kier molecular flexibility index (Phi) is 11.1. The van der Waals surface area contributed by atoms with Crippen molar-refractivity contribution in [2.24, 2.45) is 4.99 Å². The smallest absolute Gasteiger partial charge is 0.211 e. The molecule has 0 saturated carbocycles. The molecule has 0 radical (unpaired) electrons. The van der Waals surface area contributed by atoms with Crippen LogP contribution in [0.3, 0.4) is 0 Å². The lowest BCUT2D eigenvalue weighted by atomic mass is 9.92. The lowest BCUT2D eigenvalue weighted by Gasteiger charge is -2.21. The van der Waals surface area contributed by atoms with Gasteiger partial charge in [-0.25, -0.2) is 13.1 Å². The molecule has 0 aliphatic carbocycles. The van der Waals surface area contributed by atoms with Gasteiger partial charge in [-0.15, -0.1) is 35.3 Å². The summed E-state index contributed by atoms with van der Waals surface area (Å²) in [5.74, 6) is 0.795. The molecule has 0 fully saturated rings. The van der Waals surface area contributed by atoms with Gasteiger partial charge in [0, 0.05) is 29.9 Å². The second-order valence-corrected chi connectivity index (χ2v) is 8.82. The Balaban J connectivity index is 0.00000529. The van der Waals surface area contributed by atoms with Gasteiger partial charge in [0.15, 0.2) is 5.96 Å². The van der Waals surface area contributed by atoms with Crippen molar-refractivity contribution in [2.45, 2.75) is 33.1 Å². The molecular weight excluding hydrogens is 459 g/mol. The van der Waals surface area contributed by atoms with Crippen molar-refractivity contribution in [3.8, 4) is 0 Å². The third-order valence-electron chi connectivity index (χ3n) is 3.28. The molecule has 0 unspecified atom stereocenters. The number of hydrogen-bond acceptors (Lipinski definition) is 4. The maximum absolute atomic E-state index is 11.4. The van der Waals surface area contributed by atoms with E-state index in [1.165, 1.54) is 4.88 Å². The van der Waals surface area contributed by atoms with Crippen LogP contribution < -0.4 is 15.4 Å². The average molecular weight is 488 g/mol. The van der Waals surface area contributed by atoms with Crippen molar-refractivity contribution >= 4 is 51.3 Å². The summed E-state index contributed by atoms with van der Waals surface area (Å²) in [7, 11) is -3.14. The van der Waals surface area contributed by atoms with Crippen molar-refractivity contribution in [2.75, 3.05) is 31.9 Å². The first-order chi connectivity index (χ1) is 10.8. The zero-order chi connectivity index (χ0) is 17.3. The largest absolute Gasteiger partial charge is 0.357 e. The quantitative estimate of drug-likeness (QED) is 0.215. The topological polar surface area (TPSA) is 82.6 Å². The first-order valence-corrected chi connectivity index (χ1v) is 10.4. The first kappa shape index (κ1) is 23.6. The Morgan fingerprint density at radius 3 is 2.50 bits per heavy atom. The number of nitrogens with zero attached hydrogens (tertiary/aromatic N) is 1. The highest BCUT2D eigenvalue weighted by molar-refractivity contribution is 14.0. The predicted octanol–water partition coefficient (Wildman–Crippen LogP) is 2.14. The third kappa shape index (κ3) is 8.63. The lowest BCUT2D eigenvalue weighted by Crippen LogP contribution is -2.42. The maximum Gasteiger partial charge on any atom is 0.211 e. The molecule has 0 spiro atoms. The average Bonchev–Trinajstić information content (AvgIpc) is 3.04. The maximum atomic E-state index is 11.4. The van der Waals surface area contributed by atoms with Crippen LogP contribution in [0.1, 0.15) is 32.6 Å². The van der Waals surface area contributed by atoms with Crippen LogP contribution in [0.25, 0.3) is 0 Å². The van der Waals surface area contributed by atoms with E-state index in [0.29, 0.717) is 25.6 Å². The number of thiophene rings is 1. The lowest BCUT2D eigenvalue weighted by molar-refractivity contribution is 0.548. The molecule has 1 aromatic heterocycles. The fraction of sp³-hybridized carbons (Fsp3) is 0.667. The van der Waals surface area contributed by atoms with Crippen molar-refractivity contribution in [1.82, 2.24) is 15.4 Å². The van der Waals surface area contributed by atoms with E-state index in [0.717, 1.165) is 6.54 Å². The molecule has 0 aliphatic heterocycles. The van der Waals surface area contributed by atoms with Crippen LogP contribution in [-0.4, -0.2) is 46.3 Å². The summed E-state index contributed by atoms with van der Waals surface area (Å²) in [6.07, 6.45) is 0. The van der Waals surface area contributed by atoms with Crippen LogP contribution in [0.4, 0.5) is 0 Å². The first-order valence-electron chi connectivity index (χ1n) is 7.84. The Labute approximate surface area is 167 Å². The molecule has 24 heavy (non-hydrogen) atoms. The summed E-state index contributed by atoms with van der Waals surface area (Å²) in [6, 6.07) is 4.18. The van der Waals surface area contributed by atoms with Gasteiger partial charge >= 0.3 is 0 Å². The molecule has 3 N–H and O–H groups in total. The van der Waals surface area contributed by atoms with Gasteiger partial charge in [-0.05, 0) is 25.3 Å². The second kappa shape index (κ2) is 11.3. The second-order valence-electron chi connectivity index (χ2n) is 5.78. The minimum absolute atomic E-state index is 0. The van der Waals surface area contributed by atoms with Gasteiger partial charge in [0.05, 0.1) is 12.3 Å². The Morgan fingerprint density at radius 2 is 1.96 bits per heavy atom. The number of halogens is 1. The SMILES string of the molecule is CCNC(=NCC(C)(C)c1cccs1)NCCNS(=O)(=O)CC.I. The summed E-state index contributed by atoms with van der Waals surface area (Å²) in [4.78, 5) is 5.92. The van der Waals surface area contributed by atoms with Crippen molar-refractivity contribution < 1.29 is 8.42 Å². The molecule has 0 bridgehead atoms. The third-order valence-corrected chi connectivity index (χ3v) is 5.92. The fourth-order valence-electron chi connectivity index (χ4n) is 1.85. The molecule has 0 saturated heterocycles. The molecule has 0 aromatic carbocycles. The summed E-state index contributed by atoms with van der Waals surface area (Å²) in [6.45, 7) is 10.2. The highest BCUT2D eigenvalue weighted by Gasteiger charge is 2.21. The van der Waals surface area contributed by atoms with E-state index >= 15 is 0 Å². The number of hydrogen-bond donors (Lipinski definition) is 3. The molecule has 140 valence electrons. The van der Waals surface area contributed by atoms with Crippen LogP contribution in [0.15, 0.2) is 22.5 Å². The summed E-state index contributed by atoms with van der Waals surface area (Å²) >= 11 is 1.73. The van der Waals surface area contributed by atoms with Crippen molar-refractivity contribution in [3.63, 3.8) is 0 Å². The van der Waals surface area contributed by atoms with Crippen molar-refractivity contribution in [3.05, 3.63) is 22.4 Å². The van der Waals surface area contributed by atoms with Gasteiger partial charge in [-0.1, -0.05) is 19.9 Å². The molecule has 0 amide bonds. The number of nitrogens with one attached hydrogen (secondary N) is 3. The molecule has 1 heterocycles. The zero-order valence-corrected chi connectivity index (χ0v) is 18.7. The molecular formula is C15H29IN4O2S2. The molecule has 6 nitrogen and oxygen atoms in total. The van der Waals surface area contributed by atoms with Gasteiger partial charge in [-0.2, -0.15) is 0 Å². The minimum atomic E-state index is -3.14. The molecule has 0 aliphatic rings. The van der Waals surface area contributed by atoms with E-state index < -0.39 is 10.0 Å². The van der Waals surface area contributed by atoms with Crippen LogP contribution in [0.5, 0.6) is 0 Å². The van der Waals surface area contributed by atoms with Gasteiger partial charge in [-0.3, -0.25) is 4.99 Å². The number of aliphatic imine (C=N–C) groups is 1. The molecule has 1 rings (SSSR count). The van der Waals surface area contributed by atoms with Gasteiger partial charge in [0.25, 0.3) is 0 Å². The Hall–Kier alpha value is -0.390. The highest BCUT2D eigenvalue weighted by atomic mass is 127. The molecule has 0 atom stereocenters. The van der Waals surface area contributed by atoms with E-state index in [9.17, 15) is 8.42 Å². The summed E-state index contributed by atoms with van der Waals surface area (Å²) in [5.41, 5.74) is -0.0275. The van der Waals surface area contributed by atoms with Crippen molar-refractivity contribution in [1.29, 1.82) is 0 Å². The van der Waals surface area contributed by atoms with E-state index in [1.54, 1.807) is 18.3 Å². The van der Waals surface area contributed by atoms with E-state index in [-0.39, 0.29) is 35.1 Å². The fourth-order valence-corrected chi connectivity index (χ4v) is 3.31. The Bertz CT molecular complexity index is 587. The zero-order valence-electron chi connectivity index (χ0n) is 14.8. The number of rotatable bonds is 9. The van der Waals surface area contributed by atoms with E-state index in [2.05, 4.69) is 51.7 Å². The molecule has 1 aromatic rings. The number of sulfonamides is 1. The van der Waals surface area contributed by atoms with Crippen LogP contribution in [0, 0.1) is 0 Å². The van der Waals surface area contributed by atoms with Crippen LogP contribution in [0.2, 0.25) is 0 Å². The van der Waals surface area contributed by atoms with E-state index in [1.807, 2.05) is 6.92 Å². The standard InChI is InChI=1S/C15H28N4O2S2.HI/c1-5-16-14(17-9-10-19-23(20,21)6-2)18-12-15(3,4)13-8-7-11-22-13;/h7-8,11,19H,5-6,9-10,12H2,1-4H3,(H2,16,17,18);1H. The van der Waals surface area contributed by atoms with Crippen LogP contribution in [-0.2, 0) is 15.4 Å². The van der Waals surface area contributed by atoms with Gasteiger partial charge < -0.3 is 10.6 Å². The van der Waals surface area contributed by atoms with E-state index in [4.69, 9.17) is 0 Å². The summed E-state index contributed by atoms with van der Waals surface area (Å²) in [5, 5.41) is 8.40. The van der Waals surface area contributed by atoms with Gasteiger partial charge in [0.2, 0.25) is 10.0 Å². The monoisotopic (exact) mass is 488 g/mol. The van der Waals surface area contributed by atoms with Crippen LogP contribution >= 0.6 is 35.3 Å². The Morgan fingerprint density at radius 1 is 1.25 bits per heavy atom. The number of guanidine groups is 1. The predicted molar refractivity (Wildman–Crippen MR) is 114 cm³/mol. The highest BCUT2D eigenvalue weighted by Crippen LogP contribution is 2.27. The minimum Gasteiger partial charge on any atom is -0.357 e. The molecule has 9 heteroatoms.